The van der Waals surface area contributed by atoms with E-state index in [9.17, 15) is 19.8 Å². The van der Waals surface area contributed by atoms with Gasteiger partial charge in [0.2, 0.25) is 0 Å². The van der Waals surface area contributed by atoms with Gasteiger partial charge in [-0.25, -0.2) is 0 Å². The minimum atomic E-state index is -0.803. The topological polar surface area (TPSA) is 93.6 Å². The molecule has 1 fully saturated rings. The van der Waals surface area contributed by atoms with Gasteiger partial charge in [0.15, 0.2) is 0 Å². The van der Waals surface area contributed by atoms with Crippen molar-refractivity contribution >= 4 is 28.4 Å². The number of likely N-dealkylation sites (tertiary alicyclic amines) is 1. The molecule has 1 aromatic heterocycles. The molecule has 1 aliphatic heterocycles. The van der Waals surface area contributed by atoms with Crippen LogP contribution in [0.25, 0.3) is 16.7 Å². The van der Waals surface area contributed by atoms with Crippen LogP contribution in [0.4, 0.5) is 0 Å². The Morgan fingerprint density at radius 2 is 1.70 bits per heavy atom. The number of benzene rings is 3. The quantitative estimate of drug-likeness (QED) is 0.242. The van der Waals surface area contributed by atoms with E-state index in [0.29, 0.717) is 17.5 Å². The number of aromatic amines is 1. The normalized spacial score (nSPS) is 17.7. The second-order valence-electron chi connectivity index (χ2n) is 8.06. The van der Waals surface area contributed by atoms with Crippen molar-refractivity contribution in [3.63, 3.8) is 0 Å². The summed E-state index contributed by atoms with van der Waals surface area (Å²) in [7, 11) is 0. The summed E-state index contributed by atoms with van der Waals surface area (Å²) >= 11 is 0. The minimum Gasteiger partial charge on any atom is -0.508 e. The van der Waals surface area contributed by atoms with Crippen molar-refractivity contribution in [1.29, 1.82) is 0 Å². The molecule has 0 spiro atoms. The number of aromatic hydroxyl groups is 1. The Balaban J connectivity index is 1.57. The highest BCUT2D eigenvalue weighted by Crippen LogP contribution is 2.40. The number of carbonyl (C=O) groups is 2. The van der Waals surface area contributed by atoms with Crippen LogP contribution in [-0.2, 0) is 16.0 Å². The predicted molar refractivity (Wildman–Crippen MR) is 126 cm³/mol. The summed E-state index contributed by atoms with van der Waals surface area (Å²) < 4.78 is 0. The van der Waals surface area contributed by atoms with Gasteiger partial charge in [0, 0.05) is 29.2 Å². The van der Waals surface area contributed by atoms with E-state index in [1.54, 1.807) is 36.4 Å². The van der Waals surface area contributed by atoms with E-state index in [2.05, 4.69) is 4.98 Å². The maximum Gasteiger partial charge on any atom is 0.295 e. The molecule has 0 saturated carbocycles. The van der Waals surface area contributed by atoms with Crippen molar-refractivity contribution in [3.05, 3.63) is 107 Å². The van der Waals surface area contributed by atoms with Crippen molar-refractivity contribution in [1.82, 2.24) is 9.88 Å². The van der Waals surface area contributed by atoms with Crippen molar-refractivity contribution in [2.75, 3.05) is 6.54 Å². The SMILES string of the molecule is O=C1C(=O)N(CCc2c[nH]c3ccccc23)C(c2cccc(O)c2)/C1=C(\O)c1ccccc1. The zero-order valence-corrected chi connectivity index (χ0v) is 17.7. The van der Waals surface area contributed by atoms with Crippen LogP contribution in [0.5, 0.6) is 5.75 Å². The first-order valence-corrected chi connectivity index (χ1v) is 10.7. The molecule has 1 amide bonds. The number of nitrogens with zero attached hydrogens (tertiary/aromatic N) is 1. The Morgan fingerprint density at radius 3 is 2.48 bits per heavy atom. The van der Waals surface area contributed by atoms with Crippen LogP contribution in [-0.4, -0.2) is 38.3 Å². The Kier molecular flexibility index (Phi) is 5.18. The van der Waals surface area contributed by atoms with Crippen LogP contribution in [0.2, 0.25) is 0 Å². The van der Waals surface area contributed by atoms with Gasteiger partial charge in [0.25, 0.3) is 11.7 Å². The van der Waals surface area contributed by atoms with Crippen molar-refractivity contribution in [2.24, 2.45) is 0 Å². The molecule has 0 radical (unpaired) electrons. The lowest BCUT2D eigenvalue weighted by Crippen LogP contribution is -2.31. The molecule has 1 atom stereocenters. The van der Waals surface area contributed by atoms with Crippen LogP contribution in [0.15, 0.2) is 90.6 Å². The Morgan fingerprint density at radius 1 is 0.939 bits per heavy atom. The molecule has 1 saturated heterocycles. The third kappa shape index (κ3) is 3.65. The molecule has 1 unspecified atom stereocenters. The molecule has 6 heteroatoms. The molecular formula is C27H22N2O4. The zero-order valence-electron chi connectivity index (χ0n) is 17.7. The summed E-state index contributed by atoms with van der Waals surface area (Å²) in [6.45, 7) is 0.276. The number of nitrogens with one attached hydrogen (secondary N) is 1. The predicted octanol–water partition coefficient (Wildman–Crippen LogP) is 4.54. The van der Waals surface area contributed by atoms with Crippen LogP contribution in [0.3, 0.4) is 0 Å². The Hall–Kier alpha value is -4.32. The van der Waals surface area contributed by atoms with Gasteiger partial charge >= 0.3 is 0 Å². The number of amides is 1. The second kappa shape index (κ2) is 8.31. The molecule has 0 bridgehead atoms. The zero-order chi connectivity index (χ0) is 22.9. The first-order chi connectivity index (χ1) is 16.0. The number of Topliss-reactive ketones (excluding diaryl/α,β-unsaturated/α-hetero) is 1. The molecule has 33 heavy (non-hydrogen) atoms. The summed E-state index contributed by atoms with van der Waals surface area (Å²) in [6, 6.07) is 22.2. The molecule has 0 aliphatic carbocycles. The first-order valence-electron chi connectivity index (χ1n) is 10.7. The summed E-state index contributed by atoms with van der Waals surface area (Å²) in [4.78, 5) is 30.9. The minimum absolute atomic E-state index is 0.0226. The fourth-order valence-corrected chi connectivity index (χ4v) is 4.48. The number of fused-ring (bicyclic) bond motifs is 1. The fraction of sp³-hybridized carbons (Fsp3) is 0.111. The van der Waals surface area contributed by atoms with E-state index in [-0.39, 0.29) is 23.6 Å². The van der Waals surface area contributed by atoms with Gasteiger partial charge in [-0.2, -0.15) is 0 Å². The van der Waals surface area contributed by atoms with Crippen molar-refractivity contribution < 1.29 is 19.8 Å². The lowest BCUT2D eigenvalue weighted by Gasteiger charge is -2.25. The van der Waals surface area contributed by atoms with Crippen molar-refractivity contribution in [2.45, 2.75) is 12.5 Å². The van der Waals surface area contributed by atoms with Gasteiger partial charge in [0.05, 0.1) is 11.6 Å². The number of aromatic nitrogens is 1. The van der Waals surface area contributed by atoms with E-state index < -0.39 is 17.7 Å². The van der Waals surface area contributed by atoms with E-state index in [1.165, 1.54) is 17.0 Å². The van der Waals surface area contributed by atoms with E-state index in [4.69, 9.17) is 0 Å². The van der Waals surface area contributed by atoms with Crippen LogP contribution in [0.1, 0.15) is 22.7 Å². The molecule has 2 heterocycles. The van der Waals surface area contributed by atoms with Gasteiger partial charge in [0.1, 0.15) is 11.5 Å². The maximum absolute atomic E-state index is 13.1. The number of H-pyrrole nitrogens is 1. The third-order valence-corrected chi connectivity index (χ3v) is 6.07. The van der Waals surface area contributed by atoms with E-state index >= 15 is 0 Å². The molecule has 3 N–H and O–H groups in total. The number of carbonyl (C=O) groups excluding carboxylic acids is 2. The van der Waals surface area contributed by atoms with Crippen LogP contribution >= 0.6 is 0 Å². The highest BCUT2D eigenvalue weighted by molar-refractivity contribution is 6.46. The lowest BCUT2D eigenvalue weighted by atomic mass is 9.95. The largest absolute Gasteiger partial charge is 0.508 e. The summed E-state index contributed by atoms with van der Waals surface area (Å²) in [5, 5.41) is 22.2. The number of rotatable bonds is 5. The number of ketones is 1. The smallest absolute Gasteiger partial charge is 0.295 e. The molecule has 1 aliphatic rings. The van der Waals surface area contributed by atoms with E-state index in [1.807, 2.05) is 36.5 Å². The van der Waals surface area contributed by atoms with Crippen LogP contribution in [0, 0.1) is 0 Å². The monoisotopic (exact) mass is 438 g/mol. The highest BCUT2D eigenvalue weighted by Gasteiger charge is 2.45. The number of hydrogen-bond acceptors (Lipinski definition) is 4. The standard InChI is InChI=1S/C27H22N2O4/c30-20-10-6-9-18(15-20)24-23(25(31)17-7-2-1-3-8-17)26(32)27(33)29(24)14-13-19-16-28-22-12-5-4-11-21(19)22/h1-12,15-16,24,28,30-31H,13-14H2/b25-23+. The average molecular weight is 438 g/mol. The molecule has 3 aromatic carbocycles. The summed E-state index contributed by atoms with van der Waals surface area (Å²) in [5.74, 6) is -1.60. The van der Waals surface area contributed by atoms with Gasteiger partial charge in [-0.3, -0.25) is 9.59 Å². The van der Waals surface area contributed by atoms with E-state index in [0.717, 1.165) is 16.5 Å². The number of hydrogen-bond donors (Lipinski definition) is 3. The molecule has 4 aromatic rings. The van der Waals surface area contributed by atoms with Crippen molar-refractivity contribution in [3.8, 4) is 5.75 Å². The second-order valence-corrected chi connectivity index (χ2v) is 8.06. The first kappa shape index (κ1) is 20.6. The Bertz CT molecular complexity index is 1390. The van der Waals surface area contributed by atoms with Gasteiger partial charge in [-0.1, -0.05) is 60.7 Å². The summed E-state index contributed by atoms with van der Waals surface area (Å²) in [5.41, 5.74) is 3.08. The fourth-order valence-electron chi connectivity index (χ4n) is 4.48. The highest BCUT2D eigenvalue weighted by atomic mass is 16.3. The lowest BCUT2D eigenvalue weighted by molar-refractivity contribution is -0.139. The maximum atomic E-state index is 13.1. The number of para-hydroxylation sites is 1. The number of phenols is 1. The molecular weight excluding hydrogens is 416 g/mol. The number of aliphatic hydroxyl groups excluding tert-OH is 1. The van der Waals surface area contributed by atoms with Gasteiger partial charge in [-0.05, 0) is 35.7 Å². The van der Waals surface area contributed by atoms with Gasteiger partial charge < -0.3 is 20.1 Å². The summed E-state index contributed by atoms with van der Waals surface area (Å²) in [6.07, 6.45) is 2.44. The molecule has 6 nitrogen and oxygen atoms in total. The average Bonchev–Trinajstić information content (AvgIpc) is 3.36. The molecule has 5 rings (SSSR count). The third-order valence-electron chi connectivity index (χ3n) is 6.07. The van der Waals surface area contributed by atoms with Crippen LogP contribution < -0.4 is 0 Å². The Labute approximate surface area is 190 Å². The van der Waals surface area contributed by atoms with Gasteiger partial charge in [-0.15, -0.1) is 0 Å². The molecule has 164 valence electrons. The number of aliphatic hydroxyl groups is 1. The number of phenolic OH excluding ortho intramolecular Hbond substituents is 1.